The number of benzene rings is 1. The molecule has 1 aliphatic rings. The number of nitrogens with one attached hydrogen (secondary N) is 2. The maximum Gasteiger partial charge on any atom is 0.231 e. The molecule has 1 saturated heterocycles. The van der Waals surface area contributed by atoms with Crippen LogP contribution in [0.2, 0.25) is 0 Å². The van der Waals surface area contributed by atoms with Gasteiger partial charge in [0.1, 0.15) is 10.8 Å². The van der Waals surface area contributed by atoms with Crippen LogP contribution in [0.15, 0.2) is 29.3 Å². The molecule has 25 heavy (non-hydrogen) atoms. The fraction of sp³-hybridized carbons (Fsp3) is 0.312. The lowest BCUT2D eigenvalue weighted by Gasteiger charge is -2.28. The van der Waals surface area contributed by atoms with Crippen molar-refractivity contribution < 1.29 is 4.74 Å². The predicted octanol–water partition coefficient (Wildman–Crippen LogP) is 2.24. The minimum Gasteiger partial charge on any atom is -0.383 e. The molecule has 9 heteroatoms. The van der Waals surface area contributed by atoms with Crippen LogP contribution in [0, 0.1) is 0 Å². The van der Waals surface area contributed by atoms with Crippen molar-refractivity contribution in [2.24, 2.45) is 0 Å². The van der Waals surface area contributed by atoms with E-state index in [1.807, 2.05) is 18.4 Å². The van der Waals surface area contributed by atoms with Crippen LogP contribution in [-0.2, 0) is 4.74 Å². The molecule has 0 unspecified atom stereocenters. The first kappa shape index (κ1) is 16.0. The summed E-state index contributed by atoms with van der Waals surface area (Å²) in [4.78, 5) is 11.1. The monoisotopic (exact) mass is 357 g/mol. The van der Waals surface area contributed by atoms with Crippen LogP contribution in [0.3, 0.4) is 0 Å². The summed E-state index contributed by atoms with van der Waals surface area (Å²) in [7, 11) is 0. The highest BCUT2D eigenvalue weighted by Crippen LogP contribution is 2.28. The molecular formula is C16H19N7OS. The second kappa shape index (κ2) is 6.77. The molecule has 0 saturated carbocycles. The SMILES string of the molecule is CSc1n[nH]c2nc(Nc3ccc(N4CCOCC4)cc3)nc(N)c12. The second-order valence-corrected chi connectivity index (χ2v) is 6.46. The van der Waals surface area contributed by atoms with Gasteiger partial charge >= 0.3 is 0 Å². The lowest BCUT2D eigenvalue weighted by Crippen LogP contribution is -2.36. The summed E-state index contributed by atoms with van der Waals surface area (Å²) in [5.74, 6) is 0.857. The first-order valence-corrected chi connectivity index (χ1v) is 9.22. The fourth-order valence-electron chi connectivity index (χ4n) is 2.84. The Labute approximate surface area is 149 Å². The van der Waals surface area contributed by atoms with Gasteiger partial charge in [0.15, 0.2) is 5.65 Å². The van der Waals surface area contributed by atoms with Gasteiger partial charge in [-0.3, -0.25) is 5.10 Å². The van der Waals surface area contributed by atoms with E-state index in [2.05, 4.69) is 42.5 Å². The molecule has 0 atom stereocenters. The number of ether oxygens (including phenoxy) is 1. The van der Waals surface area contributed by atoms with Crippen LogP contribution in [0.25, 0.3) is 11.0 Å². The highest BCUT2D eigenvalue weighted by molar-refractivity contribution is 7.98. The summed E-state index contributed by atoms with van der Waals surface area (Å²) in [5, 5.41) is 11.9. The number of nitrogens with zero attached hydrogens (tertiary/aromatic N) is 4. The van der Waals surface area contributed by atoms with E-state index in [0.29, 0.717) is 17.4 Å². The van der Waals surface area contributed by atoms with E-state index in [9.17, 15) is 0 Å². The van der Waals surface area contributed by atoms with E-state index in [-0.39, 0.29) is 0 Å². The zero-order valence-electron chi connectivity index (χ0n) is 13.8. The summed E-state index contributed by atoms with van der Waals surface area (Å²) in [6.07, 6.45) is 1.94. The van der Waals surface area contributed by atoms with Crippen molar-refractivity contribution in [3.05, 3.63) is 24.3 Å². The number of rotatable bonds is 4. The number of anilines is 4. The molecule has 0 spiro atoms. The first-order valence-electron chi connectivity index (χ1n) is 8.00. The average Bonchev–Trinajstić information content (AvgIpc) is 3.07. The van der Waals surface area contributed by atoms with Gasteiger partial charge in [0.25, 0.3) is 0 Å². The molecular weight excluding hydrogens is 338 g/mol. The summed E-state index contributed by atoms with van der Waals surface area (Å²) >= 11 is 1.51. The van der Waals surface area contributed by atoms with Crippen LogP contribution in [-0.4, -0.2) is 52.7 Å². The Kier molecular flexibility index (Phi) is 4.33. The number of hydrogen-bond donors (Lipinski definition) is 3. The molecule has 1 aromatic carbocycles. The van der Waals surface area contributed by atoms with E-state index < -0.39 is 0 Å². The Morgan fingerprint density at radius 3 is 2.68 bits per heavy atom. The van der Waals surface area contributed by atoms with Gasteiger partial charge in [0.2, 0.25) is 5.95 Å². The smallest absolute Gasteiger partial charge is 0.231 e. The highest BCUT2D eigenvalue weighted by Gasteiger charge is 2.14. The van der Waals surface area contributed by atoms with E-state index in [4.69, 9.17) is 10.5 Å². The van der Waals surface area contributed by atoms with Crippen LogP contribution in [0.1, 0.15) is 0 Å². The number of hydrogen-bond acceptors (Lipinski definition) is 8. The molecule has 0 bridgehead atoms. The van der Waals surface area contributed by atoms with Gasteiger partial charge < -0.3 is 20.7 Å². The van der Waals surface area contributed by atoms with Crippen molar-refractivity contribution in [3.63, 3.8) is 0 Å². The molecule has 1 aliphatic heterocycles. The Morgan fingerprint density at radius 1 is 1.20 bits per heavy atom. The maximum atomic E-state index is 6.07. The Morgan fingerprint density at radius 2 is 1.96 bits per heavy atom. The molecule has 0 aliphatic carbocycles. The number of nitrogen functional groups attached to an aromatic ring is 1. The normalized spacial score (nSPS) is 14.8. The molecule has 0 radical (unpaired) electrons. The number of fused-ring (bicyclic) bond motifs is 1. The Balaban J connectivity index is 1.54. The van der Waals surface area contributed by atoms with Gasteiger partial charge in [-0.1, -0.05) is 0 Å². The molecule has 8 nitrogen and oxygen atoms in total. The van der Waals surface area contributed by atoms with Crippen molar-refractivity contribution in [2.45, 2.75) is 5.03 Å². The fourth-order valence-corrected chi connectivity index (χ4v) is 3.38. The standard InChI is InChI=1S/C16H19N7OS/c1-25-15-12-13(17)19-16(20-14(12)21-22-15)18-10-2-4-11(5-3-10)23-6-8-24-9-7-23/h2-5H,6-9H2,1H3,(H4,17,18,19,20,21,22). The number of nitrogens with two attached hydrogens (primary N) is 1. The summed E-state index contributed by atoms with van der Waals surface area (Å²) < 4.78 is 5.39. The third-order valence-corrected chi connectivity index (χ3v) is 4.79. The molecule has 3 aromatic rings. The summed E-state index contributed by atoms with van der Waals surface area (Å²) in [5.41, 5.74) is 8.79. The molecule has 3 heterocycles. The Hall–Kier alpha value is -2.52. The van der Waals surface area contributed by atoms with Crippen molar-refractivity contribution >= 4 is 45.9 Å². The predicted molar refractivity (Wildman–Crippen MR) is 101 cm³/mol. The van der Waals surface area contributed by atoms with Crippen molar-refractivity contribution in [2.75, 3.05) is 48.5 Å². The Bertz CT molecular complexity index is 874. The molecule has 2 aromatic heterocycles. The van der Waals surface area contributed by atoms with Gasteiger partial charge in [-0.05, 0) is 30.5 Å². The van der Waals surface area contributed by atoms with Gasteiger partial charge in [-0.2, -0.15) is 15.1 Å². The largest absolute Gasteiger partial charge is 0.383 e. The quantitative estimate of drug-likeness (QED) is 0.611. The molecule has 130 valence electrons. The van der Waals surface area contributed by atoms with Crippen molar-refractivity contribution in [3.8, 4) is 0 Å². The minimum absolute atomic E-state index is 0.413. The van der Waals surface area contributed by atoms with Gasteiger partial charge in [-0.25, -0.2) is 0 Å². The lowest BCUT2D eigenvalue weighted by molar-refractivity contribution is 0.122. The molecule has 0 amide bonds. The van der Waals surface area contributed by atoms with E-state index in [0.717, 1.165) is 42.4 Å². The van der Waals surface area contributed by atoms with Crippen molar-refractivity contribution in [1.29, 1.82) is 0 Å². The summed E-state index contributed by atoms with van der Waals surface area (Å²) in [6, 6.07) is 8.18. The van der Waals surface area contributed by atoms with Gasteiger partial charge in [-0.15, -0.1) is 11.8 Å². The first-order chi connectivity index (χ1) is 12.2. The number of aromatic nitrogens is 4. The van der Waals surface area contributed by atoms with Crippen LogP contribution in [0.4, 0.5) is 23.1 Å². The molecule has 4 rings (SSSR count). The minimum atomic E-state index is 0.413. The van der Waals surface area contributed by atoms with Crippen LogP contribution in [0.5, 0.6) is 0 Å². The number of morpholine rings is 1. The third kappa shape index (κ3) is 3.20. The third-order valence-electron chi connectivity index (χ3n) is 4.11. The average molecular weight is 357 g/mol. The summed E-state index contributed by atoms with van der Waals surface area (Å²) in [6.45, 7) is 3.38. The topological polar surface area (TPSA) is 105 Å². The molecule has 4 N–H and O–H groups in total. The van der Waals surface area contributed by atoms with Gasteiger partial charge in [0.05, 0.1) is 18.6 Å². The maximum absolute atomic E-state index is 6.07. The lowest BCUT2D eigenvalue weighted by atomic mass is 10.2. The highest BCUT2D eigenvalue weighted by atomic mass is 32.2. The number of H-pyrrole nitrogens is 1. The van der Waals surface area contributed by atoms with E-state index >= 15 is 0 Å². The molecule has 1 fully saturated rings. The number of thioether (sulfide) groups is 1. The van der Waals surface area contributed by atoms with E-state index in [1.165, 1.54) is 17.4 Å². The zero-order valence-corrected chi connectivity index (χ0v) is 14.6. The van der Waals surface area contributed by atoms with Crippen molar-refractivity contribution in [1.82, 2.24) is 20.2 Å². The van der Waals surface area contributed by atoms with Crippen LogP contribution >= 0.6 is 11.8 Å². The zero-order chi connectivity index (χ0) is 17.2. The van der Waals surface area contributed by atoms with Gasteiger partial charge in [0, 0.05) is 24.5 Å². The second-order valence-electron chi connectivity index (χ2n) is 5.66. The van der Waals surface area contributed by atoms with E-state index in [1.54, 1.807) is 0 Å². The number of aromatic amines is 1. The van der Waals surface area contributed by atoms with Crippen LogP contribution < -0.4 is 16.0 Å².